The fourth-order valence-corrected chi connectivity index (χ4v) is 4.52. The number of aliphatic carboxylic acids is 1. The second-order valence-electron chi connectivity index (χ2n) is 5.49. The topological polar surface area (TPSA) is 147 Å². The summed E-state index contributed by atoms with van der Waals surface area (Å²) >= 11 is 2.52. The molecule has 13 heteroatoms. The first-order valence-electron chi connectivity index (χ1n) is 7.36. The molecular weight excluding hydrogens is 418 g/mol. The number of hydrogen-bond donors (Lipinski definition) is 3. The van der Waals surface area contributed by atoms with Crippen molar-refractivity contribution >= 4 is 64.1 Å². The number of oxime groups is 1. The van der Waals surface area contributed by atoms with Crippen LogP contribution in [0.25, 0.3) is 0 Å². The van der Waals surface area contributed by atoms with Gasteiger partial charge in [0, 0.05) is 11.1 Å². The van der Waals surface area contributed by atoms with Crippen molar-refractivity contribution in [2.45, 2.75) is 18.3 Å². The maximum absolute atomic E-state index is 12.5. The lowest BCUT2D eigenvalue weighted by Crippen LogP contribution is -2.71. The van der Waals surface area contributed by atoms with E-state index in [1.165, 1.54) is 23.8 Å². The average Bonchev–Trinajstić information content (AvgIpc) is 3.02. The van der Waals surface area contributed by atoms with Gasteiger partial charge in [-0.25, -0.2) is 9.78 Å². The predicted octanol–water partition coefficient (Wildman–Crippen LogP) is 0.256. The van der Waals surface area contributed by atoms with Gasteiger partial charge >= 0.3 is 5.97 Å². The first kappa shape index (κ1) is 21.0. The number of halogens is 1. The summed E-state index contributed by atoms with van der Waals surface area (Å²) in [5.41, 5.74) is 6.27. The molecule has 2 amide bonds. The van der Waals surface area contributed by atoms with E-state index in [1.807, 2.05) is 0 Å². The second-order valence-corrected chi connectivity index (χ2v) is 7.48. The number of β-lactam (4-membered cyclic amide) rings is 1. The molecule has 0 saturated carbocycles. The minimum absolute atomic E-state index is 0. The molecule has 1 aromatic heterocycles. The van der Waals surface area contributed by atoms with Crippen LogP contribution in [0.5, 0.6) is 0 Å². The number of carbonyl (C=O) groups excluding carboxylic acids is 2. The first-order valence-corrected chi connectivity index (χ1v) is 9.29. The van der Waals surface area contributed by atoms with E-state index in [9.17, 15) is 19.5 Å². The van der Waals surface area contributed by atoms with Gasteiger partial charge in [-0.3, -0.25) is 14.5 Å². The highest BCUT2D eigenvalue weighted by Crippen LogP contribution is 2.40. The lowest BCUT2D eigenvalue weighted by atomic mass is 10.0. The largest absolute Gasteiger partial charge is 0.477 e. The van der Waals surface area contributed by atoms with Gasteiger partial charge in [0.05, 0.1) is 0 Å². The first-order chi connectivity index (χ1) is 12.3. The van der Waals surface area contributed by atoms with Crippen LogP contribution in [-0.2, 0) is 19.2 Å². The molecule has 4 N–H and O–H groups in total. The van der Waals surface area contributed by atoms with Gasteiger partial charge in [-0.05, 0) is 12.5 Å². The van der Waals surface area contributed by atoms with Crippen molar-refractivity contribution in [2.24, 2.45) is 5.16 Å². The number of nitrogens with one attached hydrogen (secondary N) is 1. The third kappa shape index (κ3) is 3.73. The van der Waals surface area contributed by atoms with Gasteiger partial charge in [0.2, 0.25) is 0 Å². The summed E-state index contributed by atoms with van der Waals surface area (Å²) in [6.45, 7) is 1.67. The summed E-state index contributed by atoms with van der Waals surface area (Å²) in [5, 5.41) is 16.9. The van der Waals surface area contributed by atoms with E-state index in [0.29, 0.717) is 11.3 Å². The second kappa shape index (κ2) is 8.15. The van der Waals surface area contributed by atoms with E-state index in [4.69, 9.17) is 5.73 Å². The maximum Gasteiger partial charge on any atom is 0.352 e. The number of carboxylic acids is 1. The Labute approximate surface area is 168 Å². The minimum Gasteiger partial charge on any atom is -0.477 e. The Balaban J connectivity index is 0.00000261. The van der Waals surface area contributed by atoms with Crippen LogP contribution in [0.3, 0.4) is 0 Å². The third-order valence-corrected chi connectivity index (χ3v) is 5.91. The molecule has 2 unspecified atom stereocenters. The zero-order chi connectivity index (χ0) is 19.0. The Morgan fingerprint density at radius 3 is 2.78 bits per heavy atom. The lowest BCUT2D eigenvalue weighted by Gasteiger charge is -2.49. The molecule has 2 aliphatic heterocycles. The van der Waals surface area contributed by atoms with Crippen LogP contribution in [0.1, 0.15) is 12.6 Å². The number of amides is 2. The van der Waals surface area contributed by atoms with Crippen molar-refractivity contribution in [1.29, 1.82) is 0 Å². The number of anilines is 1. The Bertz CT molecular complexity index is 855. The Hall–Kier alpha value is -2.31. The Kier molecular flexibility index (Phi) is 6.34. The molecule has 27 heavy (non-hydrogen) atoms. The number of thiazole rings is 1. The molecule has 0 aliphatic carbocycles. The third-order valence-electron chi connectivity index (χ3n) is 3.81. The molecule has 0 radical (unpaired) electrons. The van der Waals surface area contributed by atoms with Gasteiger partial charge < -0.3 is 21.0 Å². The molecule has 0 spiro atoms. The number of nitrogens with two attached hydrogens (primary N) is 1. The van der Waals surface area contributed by atoms with Gasteiger partial charge in [-0.1, -0.05) is 5.16 Å². The molecular formula is C14H16ClN5O5S2. The molecule has 3 rings (SSSR count). The van der Waals surface area contributed by atoms with Crippen LogP contribution >= 0.6 is 35.5 Å². The fourth-order valence-electron chi connectivity index (χ4n) is 2.68. The molecule has 1 saturated heterocycles. The van der Waals surface area contributed by atoms with Crippen molar-refractivity contribution in [1.82, 2.24) is 15.2 Å². The molecule has 10 nitrogen and oxygen atoms in total. The van der Waals surface area contributed by atoms with E-state index in [-0.39, 0.29) is 34.6 Å². The number of fused-ring (bicyclic) bond motifs is 1. The number of nitrogen functional groups attached to an aromatic ring is 1. The van der Waals surface area contributed by atoms with E-state index < -0.39 is 29.2 Å². The Morgan fingerprint density at radius 2 is 2.22 bits per heavy atom. The number of thioether (sulfide) groups is 1. The quantitative estimate of drug-likeness (QED) is 0.340. The summed E-state index contributed by atoms with van der Waals surface area (Å²) < 4.78 is 0. The number of hydrogen-bond acceptors (Lipinski definition) is 9. The summed E-state index contributed by atoms with van der Waals surface area (Å²) in [6, 6.07) is -0.854. The average molecular weight is 434 g/mol. The van der Waals surface area contributed by atoms with Crippen molar-refractivity contribution in [3.05, 3.63) is 22.3 Å². The highest BCUT2D eigenvalue weighted by molar-refractivity contribution is 8.00. The molecule has 2 atom stereocenters. The van der Waals surface area contributed by atoms with Crippen molar-refractivity contribution in [3.8, 4) is 0 Å². The number of carboxylic acid groups (broad SMARTS) is 1. The zero-order valence-corrected chi connectivity index (χ0v) is 16.6. The minimum atomic E-state index is -1.16. The molecule has 2 aliphatic rings. The van der Waals surface area contributed by atoms with E-state index >= 15 is 0 Å². The molecule has 146 valence electrons. The fraction of sp³-hybridized carbons (Fsp3) is 0.357. The van der Waals surface area contributed by atoms with E-state index in [2.05, 4.69) is 20.3 Å². The molecule has 1 aromatic rings. The van der Waals surface area contributed by atoms with E-state index in [1.54, 1.807) is 12.3 Å². The molecule has 0 aromatic carbocycles. The van der Waals surface area contributed by atoms with Crippen molar-refractivity contribution in [2.75, 3.05) is 18.6 Å². The van der Waals surface area contributed by atoms with Crippen molar-refractivity contribution < 1.29 is 24.3 Å². The smallest absolute Gasteiger partial charge is 0.352 e. The highest BCUT2D eigenvalue weighted by Gasteiger charge is 2.54. The van der Waals surface area contributed by atoms with Gasteiger partial charge in [0.25, 0.3) is 11.8 Å². The summed E-state index contributed by atoms with van der Waals surface area (Å²) in [4.78, 5) is 46.2. The highest BCUT2D eigenvalue weighted by atomic mass is 35.5. The van der Waals surface area contributed by atoms with Crippen LogP contribution in [0.4, 0.5) is 5.13 Å². The number of rotatable bonds is 5. The molecule has 3 heterocycles. The van der Waals surface area contributed by atoms with E-state index in [0.717, 1.165) is 11.3 Å². The monoisotopic (exact) mass is 433 g/mol. The molecule has 0 bridgehead atoms. The number of nitrogens with zero attached hydrogens (tertiary/aromatic N) is 3. The zero-order valence-electron chi connectivity index (χ0n) is 14.2. The summed E-state index contributed by atoms with van der Waals surface area (Å²) in [7, 11) is 1.28. The standard InChI is InChI=1S/C14H15N5O5S2.ClH/c1-5-3-25-12-8(11(21)19(12)9(5)13(22)23)17-10(20)7(18-24-2)6-4-26-14(15)16-6;/h4,8,12H,3H2,1-2H3,(H2,15,16)(H,17,20)(H,22,23);1H. The van der Waals surface area contributed by atoms with Crippen LogP contribution in [0.15, 0.2) is 21.8 Å². The SMILES string of the molecule is CON=C(C(=O)NC1C(=O)N2C(C(=O)O)=C(C)CSC12)c1csc(N)n1.Cl. The lowest BCUT2D eigenvalue weighted by molar-refractivity contribution is -0.150. The molecule has 1 fully saturated rings. The predicted molar refractivity (Wildman–Crippen MR) is 103 cm³/mol. The van der Waals surface area contributed by atoms with Crippen LogP contribution < -0.4 is 11.1 Å². The Morgan fingerprint density at radius 1 is 1.52 bits per heavy atom. The van der Waals surface area contributed by atoms with Gasteiger partial charge in [0.1, 0.15) is 29.9 Å². The van der Waals surface area contributed by atoms with Crippen molar-refractivity contribution in [3.63, 3.8) is 0 Å². The van der Waals surface area contributed by atoms with Gasteiger partial charge in [-0.2, -0.15) is 0 Å². The van der Waals surface area contributed by atoms with Crippen LogP contribution in [0, 0.1) is 0 Å². The van der Waals surface area contributed by atoms with Gasteiger partial charge in [0.15, 0.2) is 10.8 Å². The number of carbonyl (C=O) groups is 3. The summed E-state index contributed by atoms with van der Waals surface area (Å²) in [6.07, 6.45) is 0. The normalized spacial score (nSPS) is 21.8. The van der Waals surface area contributed by atoms with Crippen LogP contribution in [0.2, 0.25) is 0 Å². The number of aromatic nitrogens is 1. The van der Waals surface area contributed by atoms with Crippen LogP contribution in [-0.4, -0.2) is 62.8 Å². The summed E-state index contributed by atoms with van der Waals surface area (Å²) in [5.74, 6) is -1.84. The van der Waals surface area contributed by atoms with Gasteiger partial charge in [-0.15, -0.1) is 35.5 Å². The maximum atomic E-state index is 12.5.